The fraction of sp³-hybridized carbons (Fsp3) is 0.0714. The van der Waals surface area contributed by atoms with Gasteiger partial charge in [-0.3, -0.25) is 0 Å². The van der Waals surface area contributed by atoms with Crippen LogP contribution in [0.3, 0.4) is 0 Å². The first-order valence-corrected chi connectivity index (χ1v) is 7.95. The molecule has 0 fully saturated rings. The minimum Gasteiger partial charge on any atom is -0.352 e. The fourth-order valence-corrected chi connectivity index (χ4v) is 3.19. The Balaban J connectivity index is 2.49. The van der Waals surface area contributed by atoms with Crippen LogP contribution in [-0.4, -0.2) is 6.26 Å². The molecule has 0 atom stereocenters. The normalized spacial score (nSPS) is 10.2. The van der Waals surface area contributed by atoms with Crippen LogP contribution in [0.5, 0.6) is 0 Å². The molecule has 0 saturated heterocycles. The maximum atomic E-state index is 13.2. The quantitative estimate of drug-likeness (QED) is 0.716. The lowest BCUT2D eigenvalue weighted by Gasteiger charge is -2.13. The lowest BCUT2D eigenvalue weighted by molar-refractivity contribution is 0.627. The smallest absolute Gasteiger partial charge is 0.125 e. The van der Waals surface area contributed by atoms with Crippen LogP contribution >= 0.6 is 39.3 Å². The van der Waals surface area contributed by atoms with E-state index in [4.69, 9.17) is 11.6 Å². The van der Waals surface area contributed by atoms with E-state index in [1.54, 1.807) is 6.07 Å². The molecule has 0 saturated carbocycles. The zero-order valence-corrected chi connectivity index (χ0v) is 13.5. The maximum Gasteiger partial charge on any atom is 0.125 e. The van der Waals surface area contributed by atoms with E-state index in [0.717, 1.165) is 4.90 Å². The lowest BCUT2D eigenvalue weighted by Crippen LogP contribution is -1.97. The van der Waals surface area contributed by atoms with Crippen LogP contribution in [-0.2, 0) is 0 Å². The number of hydrogen-bond acceptors (Lipinski definition) is 3. The molecule has 0 aliphatic rings. The Morgan fingerprint density at radius 2 is 2.15 bits per heavy atom. The molecule has 0 aromatic heterocycles. The Hall–Kier alpha value is -1.22. The molecule has 0 heterocycles. The van der Waals surface area contributed by atoms with Crippen LogP contribution in [0.25, 0.3) is 0 Å². The van der Waals surface area contributed by atoms with Crippen molar-refractivity contribution in [3.8, 4) is 6.07 Å². The Labute approximate surface area is 134 Å². The highest BCUT2D eigenvalue weighted by Gasteiger charge is 2.12. The Bertz CT molecular complexity index is 677. The summed E-state index contributed by atoms with van der Waals surface area (Å²) in [6.07, 6.45) is 1.90. The van der Waals surface area contributed by atoms with E-state index in [2.05, 4.69) is 27.3 Å². The number of benzene rings is 2. The molecule has 2 aromatic rings. The van der Waals surface area contributed by atoms with Gasteiger partial charge in [0, 0.05) is 9.37 Å². The molecular formula is C14H9BrClFN2S. The predicted molar refractivity (Wildman–Crippen MR) is 85.3 cm³/mol. The number of thioether (sulfide) groups is 1. The van der Waals surface area contributed by atoms with Crippen LogP contribution < -0.4 is 5.32 Å². The van der Waals surface area contributed by atoms with Crippen molar-refractivity contribution in [1.82, 2.24) is 0 Å². The molecule has 2 rings (SSSR count). The van der Waals surface area contributed by atoms with Crippen molar-refractivity contribution in [2.75, 3.05) is 11.6 Å². The van der Waals surface area contributed by atoms with Crippen molar-refractivity contribution in [2.45, 2.75) is 4.90 Å². The number of halogens is 3. The maximum absolute atomic E-state index is 13.2. The van der Waals surface area contributed by atoms with Gasteiger partial charge in [-0.2, -0.15) is 5.26 Å². The van der Waals surface area contributed by atoms with E-state index < -0.39 is 5.82 Å². The van der Waals surface area contributed by atoms with Gasteiger partial charge in [0.1, 0.15) is 11.9 Å². The number of anilines is 2. The average molecular weight is 372 g/mol. The molecule has 0 bridgehead atoms. The van der Waals surface area contributed by atoms with Gasteiger partial charge in [-0.05, 0) is 46.5 Å². The van der Waals surface area contributed by atoms with Crippen LogP contribution in [0.1, 0.15) is 5.56 Å². The highest BCUT2D eigenvalue weighted by Crippen LogP contribution is 2.36. The second kappa shape index (κ2) is 6.49. The summed E-state index contributed by atoms with van der Waals surface area (Å²) >= 11 is 10.8. The molecule has 2 nitrogen and oxygen atoms in total. The van der Waals surface area contributed by atoms with E-state index in [-0.39, 0.29) is 5.02 Å². The SMILES string of the molecule is CSc1cccc(Nc2c(Cl)cc(F)cc2Br)c1C#N. The van der Waals surface area contributed by atoms with Gasteiger partial charge in [-0.1, -0.05) is 17.7 Å². The summed E-state index contributed by atoms with van der Waals surface area (Å²) in [4.78, 5) is 0.867. The first-order valence-electron chi connectivity index (χ1n) is 5.55. The number of rotatable bonds is 3. The highest BCUT2D eigenvalue weighted by molar-refractivity contribution is 9.10. The van der Waals surface area contributed by atoms with Gasteiger partial charge >= 0.3 is 0 Å². The summed E-state index contributed by atoms with van der Waals surface area (Å²) in [7, 11) is 0. The van der Waals surface area contributed by atoms with Gasteiger partial charge < -0.3 is 5.32 Å². The standard InChI is InChI=1S/C14H9BrClFN2S/c1-20-13-4-2-3-12(9(13)7-18)19-14-10(15)5-8(17)6-11(14)16/h2-6,19H,1H3. The number of nitrogens with zero attached hydrogens (tertiary/aromatic N) is 1. The number of hydrogen-bond donors (Lipinski definition) is 1. The van der Waals surface area contributed by atoms with Crippen molar-refractivity contribution in [3.05, 3.63) is 51.2 Å². The van der Waals surface area contributed by atoms with Crippen molar-refractivity contribution >= 4 is 50.7 Å². The molecule has 2 aromatic carbocycles. The summed E-state index contributed by atoms with van der Waals surface area (Å²) < 4.78 is 13.7. The Morgan fingerprint density at radius 1 is 1.40 bits per heavy atom. The van der Waals surface area contributed by atoms with Gasteiger partial charge in [-0.15, -0.1) is 11.8 Å². The topological polar surface area (TPSA) is 35.8 Å². The van der Waals surface area contributed by atoms with Crippen LogP contribution in [0.15, 0.2) is 39.7 Å². The molecule has 102 valence electrons. The van der Waals surface area contributed by atoms with Gasteiger partial charge in [0.2, 0.25) is 0 Å². The van der Waals surface area contributed by atoms with E-state index in [9.17, 15) is 9.65 Å². The second-order valence-corrected chi connectivity index (χ2v) is 5.97. The Kier molecular flexibility index (Phi) is 4.92. The minimum absolute atomic E-state index is 0.246. The van der Waals surface area contributed by atoms with E-state index in [1.165, 1.54) is 23.9 Å². The molecule has 1 N–H and O–H groups in total. The molecule has 6 heteroatoms. The molecule has 0 aliphatic carbocycles. The minimum atomic E-state index is -0.425. The van der Waals surface area contributed by atoms with Crippen molar-refractivity contribution in [2.24, 2.45) is 0 Å². The van der Waals surface area contributed by atoms with E-state index >= 15 is 0 Å². The third kappa shape index (κ3) is 3.09. The highest BCUT2D eigenvalue weighted by atomic mass is 79.9. The third-order valence-electron chi connectivity index (χ3n) is 2.62. The van der Waals surface area contributed by atoms with Crippen LogP contribution in [0.4, 0.5) is 15.8 Å². The third-order valence-corrected chi connectivity index (χ3v) is 4.33. The molecular weight excluding hydrogens is 363 g/mol. The van der Waals surface area contributed by atoms with Crippen molar-refractivity contribution in [3.63, 3.8) is 0 Å². The van der Waals surface area contributed by atoms with E-state index in [1.807, 2.05) is 18.4 Å². The molecule has 0 radical (unpaired) electrons. The summed E-state index contributed by atoms with van der Waals surface area (Å²) in [5.74, 6) is -0.425. The monoisotopic (exact) mass is 370 g/mol. The summed E-state index contributed by atoms with van der Waals surface area (Å²) in [5, 5.41) is 12.6. The summed E-state index contributed by atoms with van der Waals surface area (Å²) in [5.41, 5.74) is 1.70. The predicted octanol–water partition coefficient (Wildman–Crippen LogP) is 5.58. The van der Waals surface area contributed by atoms with Crippen molar-refractivity contribution < 1.29 is 4.39 Å². The first-order chi connectivity index (χ1) is 9.56. The molecule has 0 unspecified atom stereocenters. The summed E-state index contributed by atoms with van der Waals surface area (Å²) in [6, 6.07) is 10.2. The average Bonchev–Trinajstić information content (AvgIpc) is 2.42. The second-order valence-electron chi connectivity index (χ2n) is 3.86. The number of nitrogens with one attached hydrogen (secondary N) is 1. The lowest BCUT2D eigenvalue weighted by atomic mass is 10.2. The van der Waals surface area contributed by atoms with Gasteiger partial charge in [0.25, 0.3) is 0 Å². The van der Waals surface area contributed by atoms with Gasteiger partial charge in [-0.25, -0.2) is 4.39 Å². The number of nitriles is 1. The van der Waals surface area contributed by atoms with E-state index in [0.29, 0.717) is 21.4 Å². The largest absolute Gasteiger partial charge is 0.352 e. The first kappa shape index (κ1) is 15.2. The molecule has 0 aliphatic heterocycles. The molecule has 20 heavy (non-hydrogen) atoms. The zero-order chi connectivity index (χ0) is 14.7. The molecule has 0 amide bonds. The Morgan fingerprint density at radius 3 is 2.75 bits per heavy atom. The zero-order valence-electron chi connectivity index (χ0n) is 10.4. The summed E-state index contributed by atoms with van der Waals surface area (Å²) in [6.45, 7) is 0. The molecule has 0 spiro atoms. The van der Waals surface area contributed by atoms with Gasteiger partial charge in [0.15, 0.2) is 0 Å². The van der Waals surface area contributed by atoms with Gasteiger partial charge in [0.05, 0.1) is 22.0 Å². The van der Waals surface area contributed by atoms with Crippen LogP contribution in [0, 0.1) is 17.1 Å². The fourth-order valence-electron chi connectivity index (χ4n) is 1.72. The van der Waals surface area contributed by atoms with Crippen LogP contribution in [0.2, 0.25) is 5.02 Å². The van der Waals surface area contributed by atoms with Crippen molar-refractivity contribution in [1.29, 1.82) is 5.26 Å².